The van der Waals surface area contributed by atoms with Crippen LogP contribution >= 0.6 is 0 Å². The minimum absolute atomic E-state index is 0.0601. The smallest absolute Gasteiger partial charge is 0.295 e. The third-order valence-corrected chi connectivity index (χ3v) is 5.50. The Balaban J connectivity index is 1.90. The topological polar surface area (TPSA) is 109 Å². The average molecular weight is 446 g/mol. The van der Waals surface area contributed by atoms with Gasteiger partial charge in [-0.3, -0.25) is 14.6 Å². The van der Waals surface area contributed by atoms with E-state index in [2.05, 4.69) is 4.98 Å². The standard InChI is InChI=1S/C25H22N2O6/c1-32-18-5-3-4-17(12-18)23(29)21-22(16-6-7-19(28)20(13-16)33-2)27(25(31)24(21)30)14-15-8-10-26-11-9-15/h3-13,22,28-29H,14H2,1-2H3/t22-/m0/s1. The van der Waals surface area contributed by atoms with Crippen molar-refractivity contribution in [3.8, 4) is 17.2 Å². The molecule has 0 saturated carbocycles. The van der Waals surface area contributed by atoms with E-state index in [-0.39, 0.29) is 29.4 Å². The highest BCUT2D eigenvalue weighted by molar-refractivity contribution is 6.46. The number of Topliss-reactive ketones (excluding diaryl/α,β-unsaturated/α-hetero) is 1. The molecule has 8 heteroatoms. The lowest BCUT2D eigenvalue weighted by molar-refractivity contribution is -0.140. The number of benzene rings is 2. The van der Waals surface area contributed by atoms with Gasteiger partial charge in [0.1, 0.15) is 11.5 Å². The molecule has 1 aliphatic heterocycles. The molecule has 4 rings (SSSR count). The van der Waals surface area contributed by atoms with Crippen LogP contribution in [0.15, 0.2) is 72.6 Å². The number of likely N-dealkylation sites (tertiary alicyclic amines) is 1. The summed E-state index contributed by atoms with van der Waals surface area (Å²) in [5.74, 6) is -1.27. The third kappa shape index (κ3) is 4.10. The maximum absolute atomic E-state index is 13.1. The first-order valence-corrected chi connectivity index (χ1v) is 10.1. The monoisotopic (exact) mass is 446 g/mol. The molecule has 168 valence electrons. The number of hydrogen-bond acceptors (Lipinski definition) is 7. The second kappa shape index (κ2) is 9.04. The molecule has 0 radical (unpaired) electrons. The first kappa shape index (κ1) is 21.9. The van der Waals surface area contributed by atoms with Crippen LogP contribution in [0.1, 0.15) is 22.7 Å². The minimum Gasteiger partial charge on any atom is -0.507 e. The number of amides is 1. The number of phenols is 1. The summed E-state index contributed by atoms with van der Waals surface area (Å²) in [5, 5.41) is 21.2. The van der Waals surface area contributed by atoms with E-state index in [1.54, 1.807) is 60.9 Å². The number of hydrogen-bond donors (Lipinski definition) is 2. The Labute approximate surface area is 190 Å². The van der Waals surface area contributed by atoms with Crippen molar-refractivity contribution in [2.24, 2.45) is 0 Å². The molecule has 1 amide bonds. The molecule has 1 aromatic heterocycles. The van der Waals surface area contributed by atoms with Crippen molar-refractivity contribution in [3.63, 3.8) is 0 Å². The summed E-state index contributed by atoms with van der Waals surface area (Å²) in [7, 11) is 2.90. The van der Waals surface area contributed by atoms with E-state index in [0.29, 0.717) is 16.9 Å². The molecule has 1 saturated heterocycles. The normalized spacial score (nSPS) is 17.3. The van der Waals surface area contributed by atoms with E-state index in [4.69, 9.17) is 9.47 Å². The maximum atomic E-state index is 13.1. The molecule has 1 aliphatic rings. The number of pyridine rings is 1. The van der Waals surface area contributed by atoms with Crippen LogP contribution in [0.2, 0.25) is 0 Å². The Morgan fingerprint density at radius 2 is 1.79 bits per heavy atom. The number of phenolic OH excluding ortho intramolecular Hbond substituents is 1. The summed E-state index contributed by atoms with van der Waals surface area (Å²) in [6, 6.07) is 13.7. The SMILES string of the molecule is COc1cccc(C(O)=C2C(=O)C(=O)N(Cc3ccncc3)[C@H]2c2ccc(O)c(OC)c2)c1. The molecule has 2 heterocycles. The fraction of sp³-hybridized carbons (Fsp3) is 0.160. The number of carbonyl (C=O) groups excluding carboxylic acids is 2. The van der Waals surface area contributed by atoms with Gasteiger partial charge in [-0.25, -0.2) is 0 Å². The number of aromatic hydroxyl groups is 1. The van der Waals surface area contributed by atoms with Crippen molar-refractivity contribution in [1.82, 2.24) is 9.88 Å². The lowest BCUT2D eigenvalue weighted by atomic mass is 9.94. The molecule has 1 fully saturated rings. The zero-order valence-corrected chi connectivity index (χ0v) is 18.1. The predicted molar refractivity (Wildman–Crippen MR) is 120 cm³/mol. The van der Waals surface area contributed by atoms with Crippen LogP contribution in [0, 0.1) is 0 Å². The Hall–Kier alpha value is -4.33. The largest absolute Gasteiger partial charge is 0.507 e. The number of methoxy groups -OCH3 is 2. The second-order valence-corrected chi connectivity index (χ2v) is 7.45. The number of ether oxygens (including phenoxy) is 2. The predicted octanol–water partition coefficient (Wildman–Crippen LogP) is 3.43. The van der Waals surface area contributed by atoms with Gasteiger partial charge in [-0.15, -0.1) is 0 Å². The summed E-state index contributed by atoms with van der Waals surface area (Å²) in [4.78, 5) is 31.6. The number of aliphatic hydroxyl groups is 1. The molecule has 1 atom stereocenters. The number of carbonyl (C=O) groups is 2. The van der Waals surface area contributed by atoms with Crippen LogP contribution < -0.4 is 9.47 Å². The highest BCUT2D eigenvalue weighted by Crippen LogP contribution is 2.42. The number of rotatable bonds is 6. The number of ketones is 1. The van der Waals surface area contributed by atoms with Gasteiger partial charge < -0.3 is 24.6 Å². The third-order valence-electron chi connectivity index (χ3n) is 5.50. The second-order valence-electron chi connectivity index (χ2n) is 7.45. The first-order valence-electron chi connectivity index (χ1n) is 10.1. The van der Waals surface area contributed by atoms with Gasteiger partial charge in [0.15, 0.2) is 11.5 Å². The molecular weight excluding hydrogens is 424 g/mol. The van der Waals surface area contributed by atoms with Gasteiger partial charge in [-0.2, -0.15) is 0 Å². The van der Waals surface area contributed by atoms with Gasteiger partial charge in [0.25, 0.3) is 11.7 Å². The lowest BCUT2D eigenvalue weighted by Crippen LogP contribution is -2.29. The summed E-state index contributed by atoms with van der Waals surface area (Å²) >= 11 is 0. The number of aliphatic hydroxyl groups excluding tert-OH is 1. The van der Waals surface area contributed by atoms with Gasteiger partial charge >= 0.3 is 0 Å². The number of nitrogens with zero attached hydrogens (tertiary/aromatic N) is 2. The molecule has 8 nitrogen and oxygen atoms in total. The van der Waals surface area contributed by atoms with Gasteiger partial charge in [-0.05, 0) is 47.5 Å². The van der Waals surface area contributed by atoms with Crippen LogP contribution in [0.5, 0.6) is 17.2 Å². The Morgan fingerprint density at radius 3 is 2.48 bits per heavy atom. The lowest BCUT2D eigenvalue weighted by Gasteiger charge is -2.26. The fourth-order valence-electron chi connectivity index (χ4n) is 3.86. The van der Waals surface area contributed by atoms with Crippen LogP contribution in [-0.2, 0) is 16.1 Å². The van der Waals surface area contributed by atoms with E-state index in [9.17, 15) is 19.8 Å². The van der Waals surface area contributed by atoms with Gasteiger partial charge in [0.05, 0.1) is 25.8 Å². The van der Waals surface area contributed by atoms with Crippen molar-refractivity contribution in [2.45, 2.75) is 12.6 Å². The molecule has 0 unspecified atom stereocenters. The highest BCUT2D eigenvalue weighted by Gasteiger charge is 2.46. The summed E-state index contributed by atoms with van der Waals surface area (Å²) in [5.41, 5.74) is 1.55. The van der Waals surface area contributed by atoms with Crippen LogP contribution in [0.3, 0.4) is 0 Å². The molecule has 2 N–H and O–H groups in total. The summed E-state index contributed by atoms with van der Waals surface area (Å²) in [6.45, 7) is 0.121. The van der Waals surface area contributed by atoms with Crippen molar-refractivity contribution < 1.29 is 29.3 Å². The van der Waals surface area contributed by atoms with Crippen LogP contribution in [0.4, 0.5) is 0 Å². The van der Waals surface area contributed by atoms with Crippen LogP contribution in [0.25, 0.3) is 5.76 Å². The van der Waals surface area contributed by atoms with E-state index >= 15 is 0 Å². The van der Waals surface area contributed by atoms with Crippen molar-refractivity contribution in [3.05, 3.63) is 89.3 Å². The molecule has 2 aromatic carbocycles. The quantitative estimate of drug-likeness (QED) is 0.339. The first-order chi connectivity index (χ1) is 15.9. The van der Waals surface area contributed by atoms with Crippen LogP contribution in [-0.4, -0.2) is 46.0 Å². The zero-order chi connectivity index (χ0) is 23.5. The Morgan fingerprint density at radius 1 is 1.03 bits per heavy atom. The van der Waals surface area contributed by atoms with Gasteiger partial charge in [0.2, 0.25) is 0 Å². The van der Waals surface area contributed by atoms with Crippen molar-refractivity contribution in [1.29, 1.82) is 0 Å². The summed E-state index contributed by atoms with van der Waals surface area (Å²) < 4.78 is 10.4. The van der Waals surface area contributed by atoms with Gasteiger partial charge in [-0.1, -0.05) is 18.2 Å². The molecular formula is C25H22N2O6. The van der Waals surface area contributed by atoms with E-state index < -0.39 is 17.7 Å². The molecule has 33 heavy (non-hydrogen) atoms. The summed E-state index contributed by atoms with van der Waals surface area (Å²) in [6.07, 6.45) is 3.20. The van der Waals surface area contributed by atoms with E-state index in [0.717, 1.165) is 5.56 Å². The Bertz CT molecular complexity index is 1240. The minimum atomic E-state index is -0.904. The maximum Gasteiger partial charge on any atom is 0.295 e. The Kier molecular flexibility index (Phi) is 5.99. The number of aromatic nitrogens is 1. The van der Waals surface area contributed by atoms with Crippen molar-refractivity contribution >= 4 is 17.4 Å². The fourth-order valence-corrected chi connectivity index (χ4v) is 3.86. The van der Waals surface area contributed by atoms with Crippen molar-refractivity contribution in [2.75, 3.05) is 14.2 Å². The molecule has 0 aliphatic carbocycles. The molecule has 0 spiro atoms. The zero-order valence-electron chi connectivity index (χ0n) is 18.1. The average Bonchev–Trinajstić information content (AvgIpc) is 3.09. The molecule has 0 bridgehead atoms. The van der Waals surface area contributed by atoms with Gasteiger partial charge in [0, 0.05) is 24.5 Å². The molecule has 3 aromatic rings. The van der Waals surface area contributed by atoms with E-state index in [1.165, 1.54) is 25.2 Å². The highest BCUT2D eigenvalue weighted by atomic mass is 16.5. The van der Waals surface area contributed by atoms with E-state index in [1.807, 2.05) is 0 Å².